The highest BCUT2D eigenvalue weighted by Crippen LogP contribution is 2.21. The lowest BCUT2D eigenvalue weighted by Crippen LogP contribution is -2.18. The SMILES string of the molecule is CNC(Cc1cc(F)cc(F)c1)c1ccsc1. The zero-order chi connectivity index (χ0) is 12.3. The summed E-state index contributed by atoms with van der Waals surface area (Å²) in [6.45, 7) is 0. The summed E-state index contributed by atoms with van der Waals surface area (Å²) < 4.78 is 26.1. The molecule has 1 nitrogen and oxygen atoms in total. The van der Waals surface area contributed by atoms with Crippen molar-refractivity contribution >= 4 is 11.3 Å². The van der Waals surface area contributed by atoms with E-state index in [-0.39, 0.29) is 6.04 Å². The fraction of sp³-hybridized carbons (Fsp3) is 0.231. The van der Waals surface area contributed by atoms with E-state index in [0.29, 0.717) is 12.0 Å². The Labute approximate surface area is 103 Å². The average molecular weight is 253 g/mol. The van der Waals surface area contributed by atoms with Crippen LogP contribution >= 0.6 is 11.3 Å². The Balaban J connectivity index is 2.18. The van der Waals surface area contributed by atoms with Gasteiger partial charge in [0.1, 0.15) is 11.6 Å². The molecule has 4 heteroatoms. The van der Waals surface area contributed by atoms with Gasteiger partial charge in [0.2, 0.25) is 0 Å². The highest BCUT2D eigenvalue weighted by molar-refractivity contribution is 7.07. The number of thiophene rings is 1. The van der Waals surface area contributed by atoms with Gasteiger partial charge in [0.15, 0.2) is 0 Å². The number of nitrogens with one attached hydrogen (secondary N) is 1. The largest absolute Gasteiger partial charge is 0.313 e. The maximum absolute atomic E-state index is 13.1. The minimum absolute atomic E-state index is 0.0856. The van der Waals surface area contributed by atoms with Crippen LogP contribution in [0.2, 0.25) is 0 Å². The number of hydrogen-bond acceptors (Lipinski definition) is 2. The van der Waals surface area contributed by atoms with Gasteiger partial charge in [0.25, 0.3) is 0 Å². The lowest BCUT2D eigenvalue weighted by molar-refractivity contribution is 0.562. The Morgan fingerprint density at radius 2 is 1.94 bits per heavy atom. The second kappa shape index (κ2) is 5.38. The van der Waals surface area contributed by atoms with Crippen molar-refractivity contribution in [2.24, 2.45) is 0 Å². The molecule has 0 bridgehead atoms. The Kier molecular flexibility index (Phi) is 3.86. The molecule has 0 fully saturated rings. The van der Waals surface area contributed by atoms with E-state index >= 15 is 0 Å². The number of benzene rings is 1. The molecule has 2 rings (SSSR count). The minimum Gasteiger partial charge on any atom is -0.313 e. The zero-order valence-electron chi connectivity index (χ0n) is 9.41. The molecule has 17 heavy (non-hydrogen) atoms. The van der Waals surface area contributed by atoms with E-state index in [9.17, 15) is 8.78 Å². The van der Waals surface area contributed by atoms with E-state index in [1.165, 1.54) is 12.1 Å². The van der Waals surface area contributed by atoms with Gasteiger partial charge < -0.3 is 5.32 Å². The van der Waals surface area contributed by atoms with Gasteiger partial charge >= 0.3 is 0 Å². The third-order valence-electron chi connectivity index (χ3n) is 2.66. The van der Waals surface area contributed by atoms with Crippen LogP contribution in [0.4, 0.5) is 8.78 Å². The van der Waals surface area contributed by atoms with Crippen LogP contribution in [-0.2, 0) is 6.42 Å². The maximum atomic E-state index is 13.1. The predicted molar refractivity (Wildman–Crippen MR) is 66.2 cm³/mol. The molecular weight excluding hydrogens is 240 g/mol. The molecule has 1 atom stereocenters. The van der Waals surface area contributed by atoms with Crippen molar-refractivity contribution in [1.29, 1.82) is 0 Å². The highest BCUT2D eigenvalue weighted by Gasteiger charge is 2.11. The molecule has 0 saturated carbocycles. The van der Waals surface area contributed by atoms with E-state index in [4.69, 9.17) is 0 Å². The van der Waals surface area contributed by atoms with Gasteiger partial charge in [-0.1, -0.05) is 0 Å². The van der Waals surface area contributed by atoms with E-state index in [1.54, 1.807) is 11.3 Å². The van der Waals surface area contributed by atoms with Crippen molar-refractivity contribution in [3.05, 3.63) is 57.8 Å². The van der Waals surface area contributed by atoms with Crippen molar-refractivity contribution in [3.8, 4) is 0 Å². The number of rotatable bonds is 4. The standard InChI is InChI=1S/C13H13F2NS/c1-16-13(10-2-3-17-8-10)6-9-4-11(14)7-12(15)5-9/h2-5,7-8,13,16H,6H2,1H3. The molecule has 0 radical (unpaired) electrons. The van der Waals surface area contributed by atoms with E-state index in [1.807, 2.05) is 23.9 Å². The molecule has 1 N–H and O–H groups in total. The fourth-order valence-electron chi connectivity index (χ4n) is 1.82. The first-order valence-electron chi connectivity index (χ1n) is 5.33. The second-order valence-corrected chi connectivity index (χ2v) is 4.66. The number of halogens is 2. The molecule has 1 heterocycles. The van der Waals surface area contributed by atoms with Gasteiger partial charge in [0.05, 0.1) is 0 Å². The van der Waals surface area contributed by atoms with Crippen LogP contribution in [0.15, 0.2) is 35.0 Å². The van der Waals surface area contributed by atoms with Gasteiger partial charge in [-0.25, -0.2) is 8.78 Å². The van der Waals surface area contributed by atoms with Crippen molar-refractivity contribution < 1.29 is 8.78 Å². The molecule has 0 aliphatic carbocycles. The Hall–Kier alpha value is -1.26. The molecule has 0 amide bonds. The van der Waals surface area contributed by atoms with Crippen LogP contribution in [0, 0.1) is 11.6 Å². The number of hydrogen-bond donors (Lipinski definition) is 1. The summed E-state index contributed by atoms with van der Waals surface area (Å²) in [4.78, 5) is 0. The van der Waals surface area contributed by atoms with Crippen LogP contribution in [0.1, 0.15) is 17.2 Å². The maximum Gasteiger partial charge on any atom is 0.126 e. The normalized spacial score (nSPS) is 12.6. The Bertz CT molecular complexity index is 462. The molecule has 1 unspecified atom stereocenters. The molecular formula is C13H13F2NS. The van der Waals surface area contributed by atoms with Gasteiger partial charge in [-0.2, -0.15) is 11.3 Å². The predicted octanol–water partition coefficient (Wildman–Crippen LogP) is 3.53. The average Bonchev–Trinajstić information content (AvgIpc) is 2.77. The number of likely N-dealkylation sites (N-methyl/N-ethyl adjacent to an activating group) is 1. The topological polar surface area (TPSA) is 12.0 Å². The van der Waals surface area contributed by atoms with Crippen LogP contribution in [0.3, 0.4) is 0 Å². The van der Waals surface area contributed by atoms with E-state index < -0.39 is 11.6 Å². The summed E-state index contributed by atoms with van der Waals surface area (Å²) in [6.07, 6.45) is 0.571. The van der Waals surface area contributed by atoms with Gasteiger partial charge in [0, 0.05) is 12.1 Å². The van der Waals surface area contributed by atoms with Gasteiger partial charge in [-0.05, 0) is 53.6 Å². The smallest absolute Gasteiger partial charge is 0.126 e. The quantitative estimate of drug-likeness (QED) is 0.879. The van der Waals surface area contributed by atoms with Gasteiger partial charge in [-0.15, -0.1) is 0 Å². The molecule has 0 aliphatic heterocycles. The highest BCUT2D eigenvalue weighted by atomic mass is 32.1. The third-order valence-corrected chi connectivity index (χ3v) is 3.36. The van der Waals surface area contributed by atoms with Crippen LogP contribution < -0.4 is 5.32 Å². The second-order valence-electron chi connectivity index (χ2n) is 3.88. The van der Waals surface area contributed by atoms with Gasteiger partial charge in [-0.3, -0.25) is 0 Å². The first-order chi connectivity index (χ1) is 8.19. The molecule has 2 aromatic rings. The van der Waals surface area contributed by atoms with Crippen LogP contribution in [0.25, 0.3) is 0 Å². The molecule has 1 aromatic carbocycles. The lowest BCUT2D eigenvalue weighted by atomic mass is 10.0. The summed E-state index contributed by atoms with van der Waals surface area (Å²) >= 11 is 1.61. The van der Waals surface area contributed by atoms with Crippen LogP contribution in [-0.4, -0.2) is 7.05 Å². The molecule has 0 aliphatic rings. The van der Waals surface area contributed by atoms with E-state index in [2.05, 4.69) is 5.32 Å². The van der Waals surface area contributed by atoms with Crippen molar-refractivity contribution in [3.63, 3.8) is 0 Å². The van der Waals surface area contributed by atoms with Crippen molar-refractivity contribution in [1.82, 2.24) is 5.32 Å². The third kappa shape index (κ3) is 3.11. The first kappa shape index (κ1) is 12.2. The summed E-state index contributed by atoms with van der Waals surface area (Å²) in [6, 6.07) is 5.74. The summed E-state index contributed by atoms with van der Waals surface area (Å²) in [7, 11) is 1.85. The minimum atomic E-state index is -0.528. The summed E-state index contributed by atoms with van der Waals surface area (Å²) in [5.41, 5.74) is 1.80. The lowest BCUT2D eigenvalue weighted by Gasteiger charge is -2.15. The molecule has 1 aromatic heterocycles. The van der Waals surface area contributed by atoms with Crippen molar-refractivity contribution in [2.45, 2.75) is 12.5 Å². The summed E-state index contributed by atoms with van der Waals surface area (Å²) in [5.74, 6) is -1.06. The molecule has 0 saturated heterocycles. The fourth-order valence-corrected chi connectivity index (χ4v) is 2.54. The van der Waals surface area contributed by atoms with Crippen molar-refractivity contribution in [2.75, 3.05) is 7.05 Å². The summed E-state index contributed by atoms with van der Waals surface area (Å²) in [5, 5.41) is 7.18. The monoisotopic (exact) mass is 253 g/mol. The Morgan fingerprint density at radius 3 is 2.47 bits per heavy atom. The Morgan fingerprint density at radius 1 is 1.24 bits per heavy atom. The van der Waals surface area contributed by atoms with Crippen LogP contribution in [0.5, 0.6) is 0 Å². The van der Waals surface area contributed by atoms with E-state index in [0.717, 1.165) is 11.6 Å². The molecule has 90 valence electrons. The zero-order valence-corrected chi connectivity index (χ0v) is 10.2. The first-order valence-corrected chi connectivity index (χ1v) is 6.27. The molecule has 0 spiro atoms.